The van der Waals surface area contributed by atoms with E-state index < -0.39 is 0 Å². The van der Waals surface area contributed by atoms with Crippen molar-refractivity contribution in [1.29, 1.82) is 0 Å². The molecule has 0 fully saturated rings. The van der Waals surface area contributed by atoms with Crippen LogP contribution in [0.3, 0.4) is 0 Å². The Hall–Kier alpha value is -1.60. The summed E-state index contributed by atoms with van der Waals surface area (Å²) in [5.74, 6) is 0.734. The molecule has 0 saturated heterocycles. The Morgan fingerprint density at radius 2 is 1.48 bits per heavy atom. The van der Waals surface area contributed by atoms with E-state index in [0.717, 1.165) is 33.7 Å². The van der Waals surface area contributed by atoms with Gasteiger partial charge in [0.2, 0.25) is 0 Å². The van der Waals surface area contributed by atoms with E-state index in [2.05, 4.69) is 24.1 Å². The van der Waals surface area contributed by atoms with Crippen molar-refractivity contribution in [1.82, 2.24) is 18.7 Å². The van der Waals surface area contributed by atoms with E-state index in [-0.39, 0.29) is 0 Å². The third-order valence-electron chi connectivity index (χ3n) is 2.35. The highest BCUT2D eigenvalue weighted by Gasteiger charge is 1.91. The standard InChI is InChI=1S/C5H7NO.C5H7NS.C4H6N2S/c2*1-4-3-7-5(2)6-4;1-3-4(2)6-7-5-3/h2*3H,1-2H3;1-2H3. The molecule has 0 bridgehead atoms. The van der Waals surface area contributed by atoms with E-state index >= 15 is 0 Å². The summed E-state index contributed by atoms with van der Waals surface area (Å²) >= 11 is 2.96. The number of hydrogen-bond acceptors (Lipinski definition) is 7. The minimum Gasteiger partial charge on any atom is -0.449 e. The summed E-state index contributed by atoms with van der Waals surface area (Å²) in [6.45, 7) is 11.7. The monoisotopic (exact) mass is 324 g/mol. The smallest absolute Gasteiger partial charge is 0.191 e. The van der Waals surface area contributed by atoms with E-state index in [1.54, 1.807) is 17.6 Å². The van der Waals surface area contributed by atoms with E-state index in [1.165, 1.54) is 11.7 Å². The molecule has 3 heterocycles. The predicted molar refractivity (Wildman–Crippen MR) is 86.9 cm³/mol. The Morgan fingerprint density at radius 3 is 1.62 bits per heavy atom. The predicted octanol–water partition coefficient (Wildman–Crippen LogP) is 4.21. The molecule has 3 rings (SSSR count). The molecule has 5 nitrogen and oxygen atoms in total. The molecule has 0 N–H and O–H groups in total. The fourth-order valence-electron chi connectivity index (χ4n) is 1.22. The maximum atomic E-state index is 4.85. The molecular weight excluding hydrogens is 304 g/mol. The van der Waals surface area contributed by atoms with Crippen LogP contribution < -0.4 is 0 Å². The molecule has 21 heavy (non-hydrogen) atoms. The summed E-state index contributed by atoms with van der Waals surface area (Å²) in [6.07, 6.45) is 1.63. The largest absolute Gasteiger partial charge is 0.449 e. The first-order valence-electron chi connectivity index (χ1n) is 6.41. The molecular formula is C14H20N4OS2. The average Bonchev–Trinajstić information content (AvgIpc) is 3.08. The van der Waals surface area contributed by atoms with E-state index in [1.807, 2.05) is 41.5 Å². The minimum absolute atomic E-state index is 0.734. The second kappa shape index (κ2) is 8.63. The van der Waals surface area contributed by atoms with Gasteiger partial charge in [0.1, 0.15) is 6.26 Å². The zero-order valence-electron chi connectivity index (χ0n) is 13.2. The van der Waals surface area contributed by atoms with Crippen LogP contribution in [0, 0.1) is 41.5 Å². The summed E-state index contributed by atoms with van der Waals surface area (Å²) in [5.41, 5.74) is 4.16. The first-order valence-corrected chi connectivity index (χ1v) is 8.02. The van der Waals surface area contributed by atoms with Crippen molar-refractivity contribution in [2.75, 3.05) is 0 Å². The maximum absolute atomic E-state index is 4.85. The highest BCUT2D eigenvalue weighted by molar-refractivity contribution is 7.09. The lowest BCUT2D eigenvalue weighted by Gasteiger charge is -1.75. The van der Waals surface area contributed by atoms with Crippen LogP contribution in [0.4, 0.5) is 0 Å². The fourth-order valence-corrected chi connectivity index (χ4v) is 2.36. The van der Waals surface area contributed by atoms with Crippen LogP contribution in [0.1, 0.15) is 33.7 Å². The SMILES string of the molecule is Cc1coc(C)n1.Cc1csc(C)n1.Cc1nsnc1C. The molecule has 0 aromatic carbocycles. The van der Waals surface area contributed by atoms with Crippen LogP contribution in [-0.4, -0.2) is 18.7 Å². The molecule has 7 heteroatoms. The van der Waals surface area contributed by atoms with Gasteiger partial charge in [-0.2, -0.15) is 8.75 Å². The minimum atomic E-state index is 0.734. The first kappa shape index (κ1) is 17.5. The van der Waals surface area contributed by atoms with Crippen LogP contribution in [0.5, 0.6) is 0 Å². The second-order valence-corrected chi connectivity index (χ2v) is 6.04. The lowest BCUT2D eigenvalue weighted by Crippen LogP contribution is -1.71. The normalized spacial score (nSPS) is 9.43. The van der Waals surface area contributed by atoms with E-state index in [4.69, 9.17) is 4.42 Å². The highest BCUT2D eigenvalue weighted by Crippen LogP contribution is 2.04. The number of hydrogen-bond donors (Lipinski definition) is 0. The van der Waals surface area contributed by atoms with Crippen LogP contribution >= 0.6 is 23.1 Å². The van der Waals surface area contributed by atoms with E-state index in [9.17, 15) is 0 Å². The van der Waals surface area contributed by atoms with Gasteiger partial charge in [0.15, 0.2) is 5.89 Å². The number of oxazole rings is 1. The summed E-state index contributed by atoms with van der Waals surface area (Å²) in [6, 6.07) is 0. The molecule has 3 aromatic heterocycles. The van der Waals surface area contributed by atoms with Crippen molar-refractivity contribution in [2.24, 2.45) is 0 Å². The molecule has 0 aliphatic rings. The van der Waals surface area contributed by atoms with Crippen molar-refractivity contribution in [2.45, 2.75) is 41.5 Å². The zero-order valence-corrected chi connectivity index (χ0v) is 14.8. The lowest BCUT2D eigenvalue weighted by molar-refractivity contribution is 0.521. The summed E-state index contributed by atoms with van der Waals surface area (Å²) < 4.78 is 12.7. The van der Waals surface area contributed by atoms with Gasteiger partial charge in [0.25, 0.3) is 0 Å². The number of aromatic nitrogens is 4. The Bertz CT molecular complexity index is 570. The summed E-state index contributed by atoms with van der Waals surface area (Å²) in [4.78, 5) is 8.07. The van der Waals surface area contributed by atoms with Crippen LogP contribution in [0.25, 0.3) is 0 Å². The Balaban J connectivity index is 0.000000157. The molecule has 0 spiro atoms. The third-order valence-corrected chi connectivity index (χ3v) is 3.95. The molecule has 0 radical (unpaired) electrons. The fraction of sp³-hybridized carbons (Fsp3) is 0.429. The van der Waals surface area contributed by atoms with Gasteiger partial charge >= 0.3 is 0 Å². The first-order chi connectivity index (χ1) is 9.88. The summed E-state index contributed by atoms with van der Waals surface area (Å²) in [5, 5.41) is 3.20. The number of nitrogens with zero attached hydrogens (tertiary/aromatic N) is 4. The Labute approximate surface area is 133 Å². The van der Waals surface area contributed by atoms with Gasteiger partial charge in [0, 0.05) is 18.0 Å². The molecule has 0 aliphatic heterocycles. The molecule has 114 valence electrons. The highest BCUT2D eigenvalue weighted by atomic mass is 32.1. The quantitative estimate of drug-likeness (QED) is 0.620. The Morgan fingerprint density at radius 1 is 0.857 bits per heavy atom. The van der Waals surface area contributed by atoms with Gasteiger partial charge < -0.3 is 4.42 Å². The van der Waals surface area contributed by atoms with E-state index in [0.29, 0.717) is 0 Å². The van der Waals surface area contributed by atoms with Crippen molar-refractivity contribution in [3.63, 3.8) is 0 Å². The summed E-state index contributed by atoms with van der Waals surface area (Å²) in [7, 11) is 0. The molecule has 0 atom stereocenters. The van der Waals surface area contributed by atoms with Gasteiger partial charge in [-0.1, -0.05) is 0 Å². The van der Waals surface area contributed by atoms with Crippen molar-refractivity contribution < 1.29 is 4.42 Å². The zero-order chi connectivity index (χ0) is 15.8. The van der Waals surface area contributed by atoms with Gasteiger partial charge in [0.05, 0.1) is 33.8 Å². The van der Waals surface area contributed by atoms with Gasteiger partial charge in [-0.15, -0.1) is 11.3 Å². The van der Waals surface area contributed by atoms with Crippen LogP contribution in [0.15, 0.2) is 16.1 Å². The van der Waals surface area contributed by atoms with Gasteiger partial charge in [-0.05, 0) is 34.6 Å². The van der Waals surface area contributed by atoms with Gasteiger partial charge in [-0.3, -0.25) is 0 Å². The molecule has 0 unspecified atom stereocenters. The van der Waals surface area contributed by atoms with Crippen molar-refractivity contribution in [3.05, 3.63) is 45.3 Å². The van der Waals surface area contributed by atoms with Crippen LogP contribution in [-0.2, 0) is 0 Å². The number of thiazole rings is 1. The third kappa shape index (κ3) is 7.10. The van der Waals surface area contributed by atoms with Crippen molar-refractivity contribution >= 4 is 23.1 Å². The molecule has 0 saturated carbocycles. The van der Waals surface area contributed by atoms with Crippen LogP contribution in [0.2, 0.25) is 0 Å². The molecule has 0 aliphatic carbocycles. The Kier molecular flexibility index (Phi) is 7.18. The maximum Gasteiger partial charge on any atom is 0.191 e. The second-order valence-electron chi connectivity index (χ2n) is 4.45. The molecule has 3 aromatic rings. The average molecular weight is 324 g/mol. The number of aryl methyl sites for hydroxylation is 6. The molecule has 0 amide bonds. The topological polar surface area (TPSA) is 64.7 Å². The number of rotatable bonds is 0. The van der Waals surface area contributed by atoms with Gasteiger partial charge in [-0.25, -0.2) is 9.97 Å². The van der Waals surface area contributed by atoms with Crippen molar-refractivity contribution in [3.8, 4) is 0 Å². The lowest BCUT2D eigenvalue weighted by atomic mass is 10.4.